The van der Waals surface area contributed by atoms with Crippen LogP contribution in [-0.2, 0) is 14.6 Å². The van der Waals surface area contributed by atoms with E-state index < -0.39 is 9.84 Å². The van der Waals surface area contributed by atoms with E-state index in [0.29, 0.717) is 18.7 Å². The van der Waals surface area contributed by atoms with Gasteiger partial charge in [0.15, 0.2) is 9.84 Å². The van der Waals surface area contributed by atoms with Gasteiger partial charge >= 0.3 is 5.97 Å². The van der Waals surface area contributed by atoms with Gasteiger partial charge in [0, 0.05) is 18.8 Å². The van der Waals surface area contributed by atoms with Crippen molar-refractivity contribution in [3.05, 3.63) is 29.8 Å². The molecule has 0 unspecified atom stereocenters. The minimum absolute atomic E-state index is 0.190. The van der Waals surface area contributed by atoms with Crippen LogP contribution in [0.3, 0.4) is 0 Å². The van der Waals surface area contributed by atoms with Gasteiger partial charge in [-0.3, -0.25) is 0 Å². The summed E-state index contributed by atoms with van der Waals surface area (Å²) in [5.41, 5.74) is 1.23. The first-order chi connectivity index (χ1) is 11.4. The lowest BCUT2D eigenvalue weighted by Crippen LogP contribution is -2.40. The van der Waals surface area contributed by atoms with Crippen LogP contribution in [0.1, 0.15) is 49.4 Å². The molecule has 1 aliphatic carbocycles. The Hall–Kier alpha value is -1.56. The van der Waals surface area contributed by atoms with Gasteiger partial charge < -0.3 is 9.64 Å². The summed E-state index contributed by atoms with van der Waals surface area (Å²) in [6.07, 6.45) is 5.01. The summed E-state index contributed by atoms with van der Waals surface area (Å²) < 4.78 is 28.8. The molecule has 1 aliphatic heterocycles. The summed E-state index contributed by atoms with van der Waals surface area (Å²) in [7, 11) is -2.88. The molecule has 0 spiro atoms. The van der Waals surface area contributed by atoms with E-state index in [4.69, 9.17) is 4.74 Å². The Balaban J connectivity index is 1.65. The third-order valence-electron chi connectivity index (χ3n) is 5.28. The fourth-order valence-corrected chi connectivity index (χ4v) is 4.78. The average molecular weight is 351 g/mol. The molecule has 0 aromatic heterocycles. The van der Waals surface area contributed by atoms with Crippen LogP contribution in [0.2, 0.25) is 0 Å². The van der Waals surface area contributed by atoms with Crippen molar-refractivity contribution in [3.63, 3.8) is 0 Å². The summed E-state index contributed by atoms with van der Waals surface area (Å²) in [4.78, 5) is 14.5. The normalized spacial score (nSPS) is 22.3. The highest BCUT2D eigenvalue weighted by Gasteiger charge is 2.36. The van der Waals surface area contributed by atoms with Crippen molar-refractivity contribution in [1.82, 2.24) is 0 Å². The number of carbonyl (C=O) groups is 1. The minimum Gasteiger partial charge on any atom is -0.455 e. The second-order valence-corrected chi connectivity index (χ2v) is 9.12. The van der Waals surface area contributed by atoms with Crippen LogP contribution in [0.25, 0.3) is 0 Å². The standard InChI is InChI=1S/C18H25NO4S/c1-2-18(9-3-4-10-18)23-17(20)15-5-7-16(8-6-15)19-11-13-24(21,22)14-12-19/h5-8H,2-4,9-14H2,1H3. The van der Waals surface area contributed by atoms with Crippen molar-refractivity contribution in [2.75, 3.05) is 29.5 Å². The number of ether oxygens (including phenoxy) is 1. The second kappa shape index (κ2) is 6.75. The first kappa shape index (κ1) is 17.3. The van der Waals surface area contributed by atoms with Crippen LogP contribution < -0.4 is 4.90 Å². The maximum Gasteiger partial charge on any atom is 0.338 e. The van der Waals surface area contributed by atoms with Crippen LogP contribution in [-0.4, -0.2) is 44.6 Å². The third-order valence-corrected chi connectivity index (χ3v) is 6.89. The van der Waals surface area contributed by atoms with Crippen molar-refractivity contribution in [1.29, 1.82) is 0 Å². The summed E-state index contributed by atoms with van der Waals surface area (Å²) in [6.45, 7) is 3.09. The van der Waals surface area contributed by atoms with Crippen LogP contribution in [0.4, 0.5) is 5.69 Å². The molecule has 6 heteroatoms. The van der Waals surface area contributed by atoms with Crippen molar-refractivity contribution >= 4 is 21.5 Å². The summed E-state index contributed by atoms with van der Waals surface area (Å²) >= 11 is 0. The number of anilines is 1. The Kier molecular flexibility index (Phi) is 4.85. The highest BCUT2D eigenvalue weighted by atomic mass is 32.2. The molecule has 1 saturated heterocycles. The first-order valence-corrected chi connectivity index (χ1v) is 10.5. The molecule has 1 saturated carbocycles. The summed E-state index contributed by atoms with van der Waals surface area (Å²) in [5.74, 6) is 0.123. The highest BCUT2D eigenvalue weighted by Crippen LogP contribution is 2.36. The number of hydrogen-bond donors (Lipinski definition) is 0. The van der Waals surface area contributed by atoms with E-state index in [0.717, 1.165) is 37.8 Å². The zero-order valence-electron chi connectivity index (χ0n) is 14.2. The Morgan fingerprint density at radius 1 is 1.12 bits per heavy atom. The monoisotopic (exact) mass is 351 g/mol. The van der Waals surface area contributed by atoms with Crippen LogP contribution in [0, 0.1) is 0 Å². The summed E-state index contributed by atoms with van der Waals surface area (Å²) in [5, 5.41) is 0. The molecule has 0 radical (unpaired) electrons. The molecule has 2 fully saturated rings. The van der Waals surface area contributed by atoms with Gasteiger partial charge in [-0.2, -0.15) is 0 Å². The van der Waals surface area contributed by atoms with Crippen LogP contribution in [0.15, 0.2) is 24.3 Å². The van der Waals surface area contributed by atoms with E-state index in [1.165, 1.54) is 0 Å². The molecule has 1 aromatic rings. The van der Waals surface area contributed by atoms with E-state index in [-0.39, 0.29) is 23.1 Å². The summed E-state index contributed by atoms with van der Waals surface area (Å²) in [6, 6.07) is 7.31. The number of benzene rings is 1. The largest absolute Gasteiger partial charge is 0.455 e. The molecule has 1 aromatic carbocycles. The van der Waals surface area contributed by atoms with E-state index >= 15 is 0 Å². The number of nitrogens with zero attached hydrogens (tertiary/aromatic N) is 1. The molecule has 0 bridgehead atoms. The number of carbonyl (C=O) groups excluding carboxylic acids is 1. The second-order valence-electron chi connectivity index (χ2n) is 6.82. The lowest BCUT2D eigenvalue weighted by atomic mass is 9.98. The van der Waals surface area contributed by atoms with Gasteiger partial charge in [0.1, 0.15) is 5.60 Å². The zero-order chi connectivity index (χ0) is 17.2. The Morgan fingerprint density at radius 2 is 1.71 bits per heavy atom. The maximum absolute atomic E-state index is 12.4. The fraction of sp³-hybridized carbons (Fsp3) is 0.611. The van der Waals surface area contributed by atoms with Crippen molar-refractivity contribution in [2.24, 2.45) is 0 Å². The van der Waals surface area contributed by atoms with Crippen LogP contribution in [0.5, 0.6) is 0 Å². The SMILES string of the molecule is CCC1(OC(=O)c2ccc(N3CCS(=O)(=O)CC3)cc2)CCCC1. The molecule has 5 nitrogen and oxygen atoms in total. The Labute approximate surface area is 143 Å². The Morgan fingerprint density at radius 3 is 2.25 bits per heavy atom. The van der Waals surface area contributed by atoms with Gasteiger partial charge in [0.05, 0.1) is 17.1 Å². The molecule has 2 aliphatic rings. The molecule has 1 heterocycles. The van der Waals surface area contributed by atoms with Gasteiger partial charge in [-0.05, 0) is 56.4 Å². The predicted molar refractivity (Wildman–Crippen MR) is 94.2 cm³/mol. The maximum atomic E-state index is 12.4. The van der Waals surface area contributed by atoms with E-state index in [1.54, 1.807) is 12.1 Å². The van der Waals surface area contributed by atoms with E-state index in [9.17, 15) is 13.2 Å². The molecular formula is C18H25NO4S. The zero-order valence-corrected chi connectivity index (χ0v) is 15.0. The van der Waals surface area contributed by atoms with E-state index in [2.05, 4.69) is 6.92 Å². The van der Waals surface area contributed by atoms with Gasteiger partial charge in [-0.25, -0.2) is 13.2 Å². The predicted octanol–water partition coefficient (Wildman–Crippen LogP) is 2.80. The lowest BCUT2D eigenvalue weighted by Gasteiger charge is -2.29. The number of esters is 1. The van der Waals surface area contributed by atoms with Crippen molar-refractivity contribution in [2.45, 2.75) is 44.6 Å². The molecule has 0 amide bonds. The first-order valence-electron chi connectivity index (χ1n) is 8.72. The Bertz CT molecular complexity index is 676. The van der Waals surface area contributed by atoms with E-state index in [1.807, 2.05) is 17.0 Å². The van der Waals surface area contributed by atoms with Gasteiger partial charge in [-0.1, -0.05) is 6.92 Å². The minimum atomic E-state index is -2.88. The molecule has 24 heavy (non-hydrogen) atoms. The average Bonchev–Trinajstić information content (AvgIpc) is 3.04. The third kappa shape index (κ3) is 3.74. The lowest BCUT2D eigenvalue weighted by molar-refractivity contribution is -0.0172. The van der Waals surface area contributed by atoms with Crippen LogP contribution >= 0.6 is 0 Å². The quantitative estimate of drug-likeness (QED) is 0.781. The molecular weight excluding hydrogens is 326 g/mol. The number of sulfone groups is 1. The number of hydrogen-bond acceptors (Lipinski definition) is 5. The topological polar surface area (TPSA) is 63.7 Å². The molecule has 0 atom stereocenters. The molecule has 132 valence electrons. The molecule has 0 N–H and O–H groups in total. The van der Waals surface area contributed by atoms with Gasteiger partial charge in [0.2, 0.25) is 0 Å². The molecule has 3 rings (SSSR count). The van der Waals surface area contributed by atoms with Crippen molar-refractivity contribution in [3.8, 4) is 0 Å². The smallest absolute Gasteiger partial charge is 0.338 e. The highest BCUT2D eigenvalue weighted by molar-refractivity contribution is 7.91. The van der Waals surface area contributed by atoms with Crippen molar-refractivity contribution < 1.29 is 17.9 Å². The van der Waals surface area contributed by atoms with Gasteiger partial charge in [-0.15, -0.1) is 0 Å². The fourth-order valence-electron chi connectivity index (χ4n) is 3.58. The van der Waals surface area contributed by atoms with Gasteiger partial charge in [0.25, 0.3) is 0 Å². The number of rotatable bonds is 4.